The Kier molecular flexibility index (Phi) is 2.90. The van der Waals surface area contributed by atoms with Crippen molar-refractivity contribution in [2.45, 2.75) is 0 Å². The van der Waals surface area contributed by atoms with Crippen LogP contribution in [0.25, 0.3) is 0 Å². The van der Waals surface area contributed by atoms with Gasteiger partial charge < -0.3 is 10.8 Å². The van der Waals surface area contributed by atoms with Crippen molar-refractivity contribution in [2.24, 2.45) is 10.7 Å². The number of carboxylic acid groups (broad SMARTS) is 1. The van der Waals surface area contributed by atoms with Gasteiger partial charge in [0, 0.05) is 0 Å². The third-order valence-electron chi connectivity index (χ3n) is 0.881. The minimum Gasteiger partial charge on any atom is -0.478 e. The molecule has 3 N–H and O–H groups in total. The summed E-state index contributed by atoms with van der Waals surface area (Å²) in [7, 11) is 0. The Labute approximate surface area is 58.4 Å². The lowest BCUT2D eigenvalue weighted by molar-refractivity contribution is -0.132. The quantitative estimate of drug-likeness (QED) is 0.332. The number of aliphatic carboxylic acids is 1. The molecule has 0 rings (SSSR count). The Bertz CT molecular complexity index is 206. The van der Waals surface area contributed by atoms with E-state index in [4.69, 9.17) is 10.8 Å². The number of carbonyl (C=O) groups is 1. The lowest BCUT2D eigenvalue weighted by Crippen LogP contribution is -2.06. The molecule has 0 aromatic rings. The first-order valence-electron chi connectivity index (χ1n) is 2.45. The van der Waals surface area contributed by atoms with Crippen LogP contribution in [0.5, 0.6) is 0 Å². The Morgan fingerprint density at radius 3 is 2.30 bits per heavy atom. The summed E-state index contributed by atoms with van der Waals surface area (Å²) in [6.07, 6.45) is 1.12. The molecule has 0 atom stereocenters. The van der Waals surface area contributed by atoms with E-state index in [1.54, 1.807) is 0 Å². The Morgan fingerprint density at radius 1 is 1.70 bits per heavy atom. The van der Waals surface area contributed by atoms with Crippen LogP contribution in [0.2, 0.25) is 0 Å². The topological polar surface area (TPSA) is 75.7 Å². The molecule has 0 fully saturated rings. The number of hydrogen-bond donors (Lipinski definition) is 2. The van der Waals surface area contributed by atoms with Crippen LogP contribution in [-0.2, 0) is 4.79 Å². The van der Waals surface area contributed by atoms with E-state index >= 15 is 0 Å². The van der Waals surface area contributed by atoms with Crippen molar-refractivity contribution in [3.05, 3.63) is 24.0 Å². The molecule has 0 aliphatic rings. The summed E-state index contributed by atoms with van der Waals surface area (Å²) in [5.74, 6) is -1.28. The van der Waals surface area contributed by atoms with Gasteiger partial charge >= 0.3 is 5.97 Å². The van der Waals surface area contributed by atoms with Crippen LogP contribution in [-0.4, -0.2) is 17.8 Å². The second-order valence-electron chi connectivity index (χ2n) is 1.47. The van der Waals surface area contributed by atoms with Crippen LogP contribution >= 0.6 is 0 Å². The number of carboxylic acids is 1. The molecule has 0 spiro atoms. The van der Waals surface area contributed by atoms with Gasteiger partial charge in [-0.15, -0.1) is 0 Å². The summed E-state index contributed by atoms with van der Waals surface area (Å²) in [5, 5.41) is 8.38. The molecule has 0 aromatic heterocycles. The van der Waals surface area contributed by atoms with E-state index in [9.17, 15) is 4.79 Å². The Hall–Kier alpha value is -1.58. The molecule has 0 aromatic carbocycles. The zero-order valence-corrected chi connectivity index (χ0v) is 5.37. The first kappa shape index (κ1) is 8.42. The number of nitrogens with two attached hydrogens (primary N) is 1. The zero-order valence-electron chi connectivity index (χ0n) is 5.37. The van der Waals surface area contributed by atoms with Gasteiger partial charge in [-0.05, 0) is 6.72 Å². The lowest BCUT2D eigenvalue weighted by atomic mass is 10.3. The molecule has 0 bridgehead atoms. The fraction of sp³-hybridized carbons (Fsp3) is 0. The second kappa shape index (κ2) is 3.45. The summed E-state index contributed by atoms with van der Waals surface area (Å²) < 4.78 is 0. The molecule has 0 saturated carbocycles. The first-order valence-corrected chi connectivity index (χ1v) is 2.45. The summed E-state index contributed by atoms with van der Waals surface area (Å²) in [6, 6.07) is 0. The average Bonchev–Trinajstić information content (AvgIpc) is 1.88. The maximum Gasteiger partial charge on any atom is 0.339 e. The molecular formula is C6H8N2O2. The molecule has 0 amide bonds. The van der Waals surface area contributed by atoms with Crippen molar-refractivity contribution in [3.63, 3.8) is 0 Å². The van der Waals surface area contributed by atoms with Gasteiger partial charge in [-0.1, -0.05) is 12.7 Å². The molecule has 54 valence electrons. The van der Waals surface area contributed by atoms with Crippen molar-refractivity contribution in [2.75, 3.05) is 0 Å². The maximum absolute atomic E-state index is 10.2. The van der Waals surface area contributed by atoms with E-state index in [0.29, 0.717) is 0 Å². The molecule has 0 saturated heterocycles. The van der Waals surface area contributed by atoms with Gasteiger partial charge in [-0.25, -0.2) is 9.79 Å². The van der Waals surface area contributed by atoms with E-state index in [2.05, 4.69) is 18.3 Å². The highest BCUT2D eigenvalue weighted by molar-refractivity contribution is 5.90. The second-order valence-corrected chi connectivity index (χ2v) is 1.47. The smallest absolute Gasteiger partial charge is 0.339 e. The van der Waals surface area contributed by atoms with Crippen molar-refractivity contribution in [1.29, 1.82) is 0 Å². The van der Waals surface area contributed by atoms with Crippen LogP contribution < -0.4 is 5.73 Å². The van der Waals surface area contributed by atoms with Gasteiger partial charge in [0.15, 0.2) is 0 Å². The molecule has 0 unspecified atom stereocenters. The number of hydrogen-bond acceptors (Lipinski definition) is 3. The van der Waals surface area contributed by atoms with Gasteiger partial charge in [0.1, 0.15) is 11.4 Å². The monoisotopic (exact) mass is 140 g/mol. The summed E-state index contributed by atoms with van der Waals surface area (Å²) in [6.45, 7) is 6.31. The van der Waals surface area contributed by atoms with E-state index in [0.717, 1.165) is 6.08 Å². The molecule has 0 aliphatic heterocycles. The zero-order chi connectivity index (χ0) is 8.15. The third kappa shape index (κ3) is 1.74. The minimum atomic E-state index is -1.15. The van der Waals surface area contributed by atoms with Gasteiger partial charge in [0.2, 0.25) is 0 Å². The van der Waals surface area contributed by atoms with Gasteiger partial charge in [-0.2, -0.15) is 0 Å². The summed E-state index contributed by atoms with van der Waals surface area (Å²) >= 11 is 0. The van der Waals surface area contributed by atoms with Gasteiger partial charge in [0.05, 0.1) is 0 Å². The Morgan fingerprint density at radius 2 is 2.20 bits per heavy atom. The molecule has 0 aliphatic carbocycles. The van der Waals surface area contributed by atoms with Crippen molar-refractivity contribution >= 4 is 12.7 Å². The van der Waals surface area contributed by atoms with Crippen LogP contribution in [0, 0.1) is 0 Å². The highest BCUT2D eigenvalue weighted by Crippen LogP contribution is 2.00. The first-order chi connectivity index (χ1) is 4.63. The van der Waals surface area contributed by atoms with Crippen LogP contribution in [0.15, 0.2) is 29.0 Å². The largest absolute Gasteiger partial charge is 0.478 e. The number of nitrogens with zero attached hydrogens (tertiary/aromatic N) is 1. The standard InChI is InChI=1S/C6H8N2O2/c1-3-4(6(9)10)5(7)8-2/h3H,1-2,7H2,(H,9,10)/b5-4+. The molecule has 4 heteroatoms. The van der Waals surface area contributed by atoms with Gasteiger partial charge in [0.25, 0.3) is 0 Å². The molecule has 0 radical (unpaired) electrons. The highest BCUT2D eigenvalue weighted by Gasteiger charge is 2.05. The SMILES string of the molecule is C=C/C(C(=O)O)=C(/N)N=C. The van der Waals surface area contributed by atoms with Crippen molar-refractivity contribution in [3.8, 4) is 0 Å². The predicted molar refractivity (Wildman–Crippen MR) is 38.6 cm³/mol. The normalized spacial score (nSPS) is 11.6. The highest BCUT2D eigenvalue weighted by atomic mass is 16.4. The fourth-order valence-electron chi connectivity index (χ4n) is 0.387. The Balaban J connectivity index is 4.79. The number of rotatable bonds is 3. The van der Waals surface area contributed by atoms with Crippen LogP contribution in [0.3, 0.4) is 0 Å². The predicted octanol–water partition coefficient (Wildman–Crippen LogP) is 0.128. The molecule has 10 heavy (non-hydrogen) atoms. The summed E-state index contributed by atoms with van der Waals surface area (Å²) in [5.41, 5.74) is 5.00. The molecule has 0 heterocycles. The van der Waals surface area contributed by atoms with E-state index in [1.165, 1.54) is 0 Å². The van der Waals surface area contributed by atoms with Crippen molar-refractivity contribution < 1.29 is 9.90 Å². The third-order valence-corrected chi connectivity index (χ3v) is 0.881. The molecule has 4 nitrogen and oxygen atoms in total. The van der Waals surface area contributed by atoms with E-state index in [1.807, 2.05) is 0 Å². The molecular weight excluding hydrogens is 132 g/mol. The van der Waals surface area contributed by atoms with Gasteiger partial charge in [-0.3, -0.25) is 0 Å². The van der Waals surface area contributed by atoms with E-state index in [-0.39, 0.29) is 11.4 Å². The lowest BCUT2D eigenvalue weighted by Gasteiger charge is -1.94. The number of aliphatic imine (C=N–C) groups is 1. The fourth-order valence-corrected chi connectivity index (χ4v) is 0.387. The minimum absolute atomic E-state index is 0.123. The van der Waals surface area contributed by atoms with Crippen molar-refractivity contribution in [1.82, 2.24) is 0 Å². The summed E-state index contributed by atoms with van der Waals surface area (Å²) in [4.78, 5) is 13.5. The van der Waals surface area contributed by atoms with Crippen LogP contribution in [0.4, 0.5) is 0 Å². The van der Waals surface area contributed by atoms with E-state index < -0.39 is 5.97 Å². The average molecular weight is 140 g/mol. The maximum atomic E-state index is 10.2. The van der Waals surface area contributed by atoms with Crippen LogP contribution in [0.1, 0.15) is 0 Å².